The Balaban J connectivity index is 1.55. The molecule has 126 valence electrons. The van der Waals surface area contributed by atoms with Crippen LogP contribution in [-0.4, -0.2) is 92.3 Å². The van der Waals surface area contributed by atoms with E-state index in [4.69, 9.17) is 4.74 Å². The third kappa shape index (κ3) is 3.61. The third-order valence-corrected chi connectivity index (χ3v) is 6.62. The van der Waals surface area contributed by atoms with Gasteiger partial charge < -0.3 is 14.7 Å². The molecule has 0 aromatic heterocycles. The number of likely N-dealkylation sites (tertiary alicyclic amines) is 1. The molecule has 8 heteroatoms. The molecule has 3 saturated heterocycles. The predicted octanol–water partition coefficient (Wildman–Crippen LogP) is -1.28. The summed E-state index contributed by atoms with van der Waals surface area (Å²) in [5.41, 5.74) is -0.884. The maximum Gasteiger partial charge on any atom is 0.226 e. The Morgan fingerprint density at radius 2 is 2.00 bits per heavy atom. The highest BCUT2D eigenvalue weighted by atomic mass is 32.2. The average Bonchev–Trinajstić information content (AvgIpc) is 3.02. The van der Waals surface area contributed by atoms with E-state index < -0.39 is 21.4 Å². The Morgan fingerprint density at radius 1 is 1.27 bits per heavy atom. The van der Waals surface area contributed by atoms with Gasteiger partial charge in [0, 0.05) is 26.2 Å². The number of sulfone groups is 1. The van der Waals surface area contributed by atoms with Crippen LogP contribution in [0.5, 0.6) is 0 Å². The second-order valence-corrected chi connectivity index (χ2v) is 8.95. The van der Waals surface area contributed by atoms with E-state index in [2.05, 4.69) is 4.90 Å². The summed E-state index contributed by atoms with van der Waals surface area (Å²) >= 11 is 0. The zero-order valence-corrected chi connectivity index (χ0v) is 13.6. The first-order valence-electron chi connectivity index (χ1n) is 7.89. The van der Waals surface area contributed by atoms with Crippen molar-refractivity contribution in [1.29, 1.82) is 0 Å². The van der Waals surface area contributed by atoms with Gasteiger partial charge in [-0.2, -0.15) is 0 Å². The largest absolute Gasteiger partial charge is 0.387 e. The Labute approximate surface area is 131 Å². The van der Waals surface area contributed by atoms with Crippen molar-refractivity contribution in [3.63, 3.8) is 0 Å². The van der Waals surface area contributed by atoms with E-state index in [1.807, 2.05) is 0 Å². The molecule has 3 fully saturated rings. The van der Waals surface area contributed by atoms with Gasteiger partial charge in [0.25, 0.3) is 0 Å². The van der Waals surface area contributed by atoms with Gasteiger partial charge in [-0.3, -0.25) is 9.69 Å². The number of morpholine rings is 1. The quantitative estimate of drug-likeness (QED) is 0.692. The van der Waals surface area contributed by atoms with Crippen molar-refractivity contribution in [2.75, 3.05) is 57.4 Å². The van der Waals surface area contributed by atoms with Gasteiger partial charge in [0.05, 0.1) is 42.8 Å². The highest BCUT2D eigenvalue weighted by Gasteiger charge is 2.43. The van der Waals surface area contributed by atoms with Crippen LogP contribution in [0.2, 0.25) is 0 Å². The number of aliphatic hydroxyl groups is 1. The van der Waals surface area contributed by atoms with Crippen LogP contribution in [0.1, 0.15) is 12.8 Å². The van der Waals surface area contributed by atoms with Gasteiger partial charge in [-0.15, -0.1) is 0 Å². The van der Waals surface area contributed by atoms with Gasteiger partial charge in [0.1, 0.15) is 0 Å². The lowest BCUT2D eigenvalue weighted by molar-refractivity contribution is -0.134. The van der Waals surface area contributed by atoms with Crippen molar-refractivity contribution in [3.05, 3.63) is 0 Å². The van der Waals surface area contributed by atoms with Crippen LogP contribution in [0.4, 0.5) is 0 Å². The number of nitrogens with zero attached hydrogens (tertiary/aromatic N) is 2. The topological polar surface area (TPSA) is 87.2 Å². The van der Waals surface area contributed by atoms with Crippen LogP contribution >= 0.6 is 0 Å². The van der Waals surface area contributed by atoms with Crippen LogP contribution < -0.4 is 0 Å². The standard InChI is InChI=1S/C14H24N2O5S/c17-13(12-1-8-22(19,20)9-12)16-3-2-14(18,11-16)10-15-4-6-21-7-5-15/h12,18H,1-11H2/t12-,14+/m1/s1. The van der Waals surface area contributed by atoms with Crippen LogP contribution in [0.25, 0.3) is 0 Å². The molecule has 3 heterocycles. The number of rotatable bonds is 3. The van der Waals surface area contributed by atoms with E-state index in [-0.39, 0.29) is 17.4 Å². The number of ether oxygens (including phenoxy) is 1. The fraction of sp³-hybridized carbons (Fsp3) is 0.929. The summed E-state index contributed by atoms with van der Waals surface area (Å²) in [5.74, 6) is -0.464. The first kappa shape index (κ1) is 16.2. The summed E-state index contributed by atoms with van der Waals surface area (Å²) in [5, 5.41) is 10.7. The normalized spacial score (nSPS) is 35.9. The molecule has 1 amide bonds. The van der Waals surface area contributed by atoms with Crippen LogP contribution in [0.3, 0.4) is 0 Å². The number of carbonyl (C=O) groups excluding carboxylic acids is 1. The molecule has 0 spiro atoms. The van der Waals surface area contributed by atoms with Gasteiger partial charge in [0.2, 0.25) is 5.91 Å². The summed E-state index contributed by atoms with van der Waals surface area (Å²) in [6.45, 7) is 4.32. The summed E-state index contributed by atoms with van der Waals surface area (Å²) in [4.78, 5) is 16.2. The van der Waals surface area contributed by atoms with Gasteiger partial charge in [-0.05, 0) is 12.8 Å². The molecule has 0 aromatic carbocycles. The minimum Gasteiger partial charge on any atom is -0.387 e. The lowest BCUT2D eigenvalue weighted by Crippen LogP contribution is -2.49. The molecular weight excluding hydrogens is 308 g/mol. The lowest BCUT2D eigenvalue weighted by Gasteiger charge is -2.33. The van der Waals surface area contributed by atoms with Crippen LogP contribution in [0, 0.1) is 5.92 Å². The molecule has 0 unspecified atom stereocenters. The minimum atomic E-state index is -3.05. The molecule has 1 N–H and O–H groups in total. The van der Waals surface area contributed by atoms with Gasteiger partial charge in [-0.1, -0.05) is 0 Å². The summed E-state index contributed by atoms with van der Waals surface area (Å²) < 4.78 is 28.3. The minimum absolute atomic E-state index is 0.0375. The predicted molar refractivity (Wildman–Crippen MR) is 80.2 cm³/mol. The second-order valence-electron chi connectivity index (χ2n) is 6.72. The molecular formula is C14H24N2O5S. The molecule has 7 nitrogen and oxygen atoms in total. The van der Waals surface area contributed by atoms with E-state index in [9.17, 15) is 18.3 Å². The Hall–Kier alpha value is -0.700. The van der Waals surface area contributed by atoms with Gasteiger partial charge in [-0.25, -0.2) is 8.42 Å². The van der Waals surface area contributed by atoms with Crippen molar-refractivity contribution >= 4 is 15.7 Å². The SMILES string of the molecule is O=C([C@@H]1CCS(=O)(=O)C1)N1CC[C@](O)(CN2CCOCC2)C1. The lowest BCUT2D eigenvalue weighted by atomic mass is 10.0. The highest BCUT2D eigenvalue weighted by Crippen LogP contribution is 2.27. The molecule has 0 aliphatic carbocycles. The Bertz CT molecular complexity index is 531. The maximum atomic E-state index is 12.4. The zero-order chi connectivity index (χ0) is 15.8. The molecule has 3 aliphatic rings. The molecule has 3 aliphatic heterocycles. The Morgan fingerprint density at radius 3 is 2.64 bits per heavy atom. The monoisotopic (exact) mass is 332 g/mol. The molecule has 0 radical (unpaired) electrons. The second kappa shape index (κ2) is 6.07. The number of hydrogen-bond donors (Lipinski definition) is 1. The molecule has 22 heavy (non-hydrogen) atoms. The van der Waals surface area contributed by atoms with Crippen LogP contribution in [-0.2, 0) is 19.4 Å². The molecule has 3 rings (SSSR count). The highest BCUT2D eigenvalue weighted by molar-refractivity contribution is 7.91. The van der Waals surface area contributed by atoms with E-state index >= 15 is 0 Å². The average molecular weight is 332 g/mol. The van der Waals surface area contributed by atoms with Crippen LogP contribution in [0.15, 0.2) is 0 Å². The van der Waals surface area contributed by atoms with Crippen molar-refractivity contribution < 1.29 is 23.1 Å². The molecule has 0 saturated carbocycles. The molecule has 2 atom stereocenters. The Kier molecular flexibility index (Phi) is 4.46. The van der Waals surface area contributed by atoms with E-state index in [0.717, 1.165) is 13.1 Å². The number of amides is 1. The summed E-state index contributed by atoms with van der Waals surface area (Å²) in [6, 6.07) is 0. The smallest absolute Gasteiger partial charge is 0.226 e. The first-order valence-corrected chi connectivity index (χ1v) is 9.71. The zero-order valence-electron chi connectivity index (χ0n) is 12.7. The molecule has 0 aromatic rings. The number of β-amino-alcohol motifs (C(OH)–C–C–N with tert-alkyl or cyclic N) is 1. The summed E-state index contributed by atoms with van der Waals surface area (Å²) in [7, 11) is -3.05. The summed E-state index contributed by atoms with van der Waals surface area (Å²) in [6.07, 6.45) is 0.967. The van der Waals surface area contributed by atoms with E-state index in [1.54, 1.807) is 4.90 Å². The van der Waals surface area contributed by atoms with E-state index in [0.29, 0.717) is 45.7 Å². The van der Waals surface area contributed by atoms with Gasteiger partial charge >= 0.3 is 0 Å². The molecule has 0 bridgehead atoms. The van der Waals surface area contributed by atoms with Gasteiger partial charge in [0.15, 0.2) is 9.84 Å². The van der Waals surface area contributed by atoms with Crippen molar-refractivity contribution in [2.24, 2.45) is 5.92 Å². The number of carbonyl (C=O) groups is 1. The third-order valence-electron chi connectivity index (χ3n) is 4.85. The fourth-order valence-corrected chi connectivity index (χ4v) is 5.33. The van der Waals surface area contributed by atoms with E-state index in [1.165, 1.54) is 0 Å². The first-order chi connectivity index (χ1) is 10.4. The van der Waals surface area contributed by atoms with Crippen molar-refractivity contribution in [3.8, 4) is 0 Å². The number of hydrogen-bond acceptors (Lipinski definition) is 6. The van der Waals surface area contributed by atoms with Crippen molar-refractivity contribution in [2.45, 2.75) is 18.4 Å². The fourth-order valence-electron chi connectivity index (χ4n) is 3.60. The maximum absolute atomic E-state index is 12.4. The van der Waals surface area contributed by atoms with Crippen molar-refractivity contribution in [1.82, 2.24) is 9.80 Å².